The van der Waals surface area contributed by atoms with Crippen LogP contribution in [0.3, 0.4) is 0 Å². The zero-order chi connectivity index (χ0) is 17.9. The van der Waals surface area contributed by atoms with Gasteiger partial charge in [-0.3, -0.25) is 14.9 Å². The molecule has 2 aliphatic rings. The summed E-state index contributed by atoms with van der Waals surface area (Å²) < 4.78 is 0. The Morgan fingerprint density at radius 2 is 1.84 bits per heavy atom. The zero-order valence-corrected chi connectivity index (χ0v) is 15.2. The quantitative estimate of drug-likeness (QED) is 0.638. The molecule has 3 rings (SSSR count). The molecule has 2 saturated heterocycles. The summed E-state index contributed by atoms with van der Waals surface area (Å²) in [6, 6.07) is 7.01. The van der Waals surface area contributed by atoms with Gasteiger partial charge in [-0.15, -0.1) is 11.8 Å². The monoisotopic (exact) mass is 361 g/mol. The Bertz CT molecular complexity index is 686. The third-order valence-corrected chi connectivity index (χ3v) is 6.03. The van der Waals surface area contributed by atoms with Gasteiger partial charge in [0.25, 0.3) is 11.8 Å². The second-order valence-electron chi connectivity index (χ2n) is 6.73. The lowest BCUT2D eigenvalue weighted by atomic mass is 10.1. The molecular formula is C18H23N3O3S. The molecule has 0 bridgehead atoms. The molecule has 1 atom stereocenters. The fraction of sp³-hybridized carbons (Fsp3) is 0.500. The molecule has 0 spiro atoms. The lowest BCUT2D eigenvalue weighted by Gasteiger charge is -2.23. The van der Waals surface area contributed by atoms with Gasteiger partial charge in [0.15, 0.2) is 0 Å². The number of likely N-dealkylation sites (tertiary alicyclic amines) is 1. The van der Waals surface area contributed by atoms with E-state index in [0.29, 0.717) is 11.3 Å². The summed E-state index contributed by atoms with van der Waals surface area (Å²) in [7, 11) is 0. The minimum absolute atomic E-state index is 0.0510. The number of benzene rings is 1. The highest BCUT2D eigenvalue weighted by atomic mass is 32.2. The minimum Gasteiger partial charge on any atom is -0.339 e. The van der Waals surface area contributed by atoms with Crippen molar-refractivity contribution in [2.24, 2.45) is 0 Å². The highest BCUT2D eigenvalue weighted by Gasteiger charge is 2.42. The Morgan fingerprint density at radius 1 is 1.16 bits per heavy atom. The predicted molar refractivity (Wildman–Crippen MR) is 96.6 cm³/mol. The average molecular weight is 361 g/mol. The molecule has 0 saturated carbocycles. The fourth-order valence-corrected chi connectivity index (χ4v) is 4.25. The molecule has 4 amide bonds. The van der Waals surface area contributed by atoms with E-state index in [4.69, 9.17) is 0 Å². The summed E-state index contributed by atoms with van der Waals surface area (Å²) in [5.74, 6) is 0.0888. The van der Waals surface area contributed by atoms with Crippen LogP contribution in [0.15, 0.2) is 29.2 Å². The first-order valence-electron chi connectivity index (χ1n) is 8.64. The van der Waals surface area contributed by atoms with Gasteiger partial charge in [-0.25, -0.2) is 4.79 Å². The van der Waals surface area contributed by atoms with E-state index in [1.54, 1.807) is 6.92 Å². The van der Waals surface area contributed by atoms with Gasteiger partial charge in [0.1, 0.15) is 5.54 Å². The van der Waals surface area contributed by atoms with Crippen LogP contribution in [-0.2, 0) is 4.79 Å². The molecule has 2 N–H and O–H groups in total. The highest BCUT2D eigenvalue weighted by molar-refractivity contribution is 7.99. The van der Waals surface area contributed by atoms with Crippen LogP contribution >= 0.6 is 11.8 Å². The number of amides is 4. The van der Waals surface area contributed by atoms with Crippen molar-refractivity contribution in [1.82, 2.24) is 15.5 Å². The molecule has 134 valence electrons. The third kappa shape index (κ3) is 3.98. The molecule has 1 aromatic carbocycles. The van der Waals surface area contributed by atoms with E-state index in [2.05, 4.69) is 10.6 Å². The van der Waals surface area contributed by atoms with Gasteiger partial charge in [0, 0.05) is 23.7 Å². The number of rotatable bonds is 4. The first-order valence-corrected chi connectivity index (χ1v) is 9.63. The van der Waals surface area contributed by atoms with E-state index >= 15 is 0 Å². The van der Waals surface area contributed by atoms with Crippen LogP contribution in [0, 0.1) is 0 Å². The van der Waals surface area contributed by atoms with E-state index in [1.165, 1.54) is 24.6 Å². The van der Waals surface area contributed by atoms with Crippen LogP contribution in [-0.4, -0.2) is 47.1 Å². The Balaban J connectivity index is 1.73. The summed E-state index contributed by atoms with van der Waals surface area (Å²) >= 11 is 1.42. The molecule has 2 aliphatic heterocycles. The molecular weight excluding hydrogens is 338 g/mol. The molecule has 7 heteroatoms. The van der Waals surface area contributed by atoms with Crippen molar-refractivity contribution in [3.8, 4) is 0 Å². The average Bonchev–Trinajstić information content (AvgIpc) is 2.79. The fourth-order valence-electron chi connectivity index (χ4n) is 3.12. The molecule has 25 heavy (non-hydrogen) atoms. The van der Waals surface area contributed by atoms with Crippen LogP contribution in [0.4, 0.5) is 4.79 Å². The molecule has 0 aromatic heterocycles. The number of urea groups is 1. The summed E-state index contributed by atoms with van der Waals surface area (Å²) in [5, 5.41) is 4.92. The smallest absolute Gasteiger partial charge is 0.322 e. The van der Waals surface area contributed by atoms with E-state index in [1.807, 2.05) is 29.2 Å². The number of hydrogen-bond donors (Lipinski definition) is 2. The van der Waals surface area contributed by atoms with E-state index in [-0.39, 0.29) is 11.8 Å². The van der Waals surface area contributed by atoms with Gasteiger partial charge >= 0.3 is 6.03 Å². The van der Waals surface area contributed by atoms with Crippen molar-refractivity contribution >= 4 is 29.6 Å². The summed E-state index contributed by atoms with van der Waals surface area (Å²) in [6.45, 7) is 3.29. The first-order chi connectivity index (χ1) is 12.0. The molecule has 2 fully saturated rings. The molecule has 1 unspecified atom stereocenters. The predicted octanol–water partition coefficient (Wildman–Crippen LogP) is 2.39. The van der Waals surface area contributed by atoms with Crippen molar-refractivity contribution in [1.29, 1.82) is 0 Å². The molecule has 0 radical (unpaired) electrons. The standard InChI is InChI=1S/C18H23N3O3S/c1-18(16(23)19-17(24)20-18)12-25-14-9-5-4-8-13(14)15(22)21-10-6-2-3-7-11-21/h4-5,8-9H,2-3,6-7,10-12H2,1H3,(H2,19,20,23,24). The van der Waals surface area contributed by atoms with Gasteiger partial charge < -0.3 is 10.2 Å². The summed E-state index contributed by atoms with van der Waals surface area (Å²) in [6.07, 6.45) is 4.44. The lowest BCUT2D eigenvalue weighted by molar-refractivity contribution is -0.122. The van der Waals surface area contributed by atoms with Gasteiger partial charge in [-0.05, 0) is 31.9 Å². The molecule has 2 heterocycles. The van der Waals surface area contributed by atoms with E-state index < -0.39 is 11.6 Å². The molecule has 6 nitrogen and oxygen atoms in total. The lowest BCUT2D eigenvalue weighted by Crippen LogP contribution is -2.46. The summed E-state index contributed by atoms with van der Waals surface area (Å²) in [4.78, 5) is 39.0. The second kappa shape index (κ2) is 7.47. The van der Waals surface area contributed by atoms with Crippen molar-refractivity contribution in [3.05, 3.63) is 29.8 Å². The summed E-state index contributed by atoms with van der Waals surface area (Å²) in [5.41, 5.74) is -0.289. The zero-order valence-electron chi connectivity index (χ0n) is 14.3. The number of imide groups is 1. The van der Waals surface area contributed by atoms with Gasteiger partial charge in [-0.2, -0.15) is 0 Å². The topological polar surface area (TPSA) is 78.5 Å². The van der Waals surface area contributed by atoms with Crippen LogP contribution < -0.4 is 10.6 Å². The number of hydrogen-bond acceptors (Lipinski definition) is 4. The largest absolute Gasteiger partial charge is 0.339 e. The SMILES string of the molecule is CC1(CSc2ccccc2C(=O)N2CCCCCC2)NC(=O)NC1=O. The minimum atomic E-state index is -0.958. The Labute approximate surface area is 151 Å². The maximum absolute atomic E-state index is 12.9. The number of carbonyl (C=O) groups excluding carboxylic acids is 3. The number of carbonyl (C=O) groups is 3. The Hall–Kier alpha value is -2.02. The van der Waals surface area contributed by atoms with Crippen molar-refractivity contribution < 1.29 is 14.4 Å². The Morgan fingerprint density at radius 3 is 2.48 bits per heavy atom. The molecule has 1 aromatic rings. The highest BCUT2D eigenvalue weighted by Crippen LogP contribution is 2.28. The van der Waals surface area contributed by atoms with E-state index in [0.717, 1.165) is 30.8 Å². The van der Waals surface area contributed by atoms with Gasteiger partial charge in [0.2, 0.25) is 0 Å². The first kappa shape index (κ1) is 17.8. The normalized spacial score (nSPS) is 23.8. The maximum atomic E-state index is 12.9. The number of nitrogens with zero attached hydrogens (tertiary/aromatic N) is 1. The Kier molecular flexibility index (Phi) is 5.32. The van der Waals surface area contributed by atoms with Crippen LogP contribution in [0.2, 0.25) is 0 Å². The maximum Gasteiger partial charge on any atom is 0.322 e. The number of thioether (sulfide) groups is 1. The van der Waals surface area contributed by atoms with Crippen LogP contribution in [0.1, 0.15) is 43.0 Å². The number of nitrogens with one attached hydrogen (secondary N) is 2. The van der Waals surface area contributed by atoms with Crippen LogP contribution in [0.25, 0.3) is 0 Å². The van der Waals surface area contributed by atoms with Crippen LogP contribution in [0.5, 0.6) is 0 Å². The van der Waals surface area contributed by atoms with E-state index in [9.17, 15) is 14.4 Å². The van der Waals surface area contributed by atoms with Gasteiger partial charge in [-0.1, -0.05) is 25.0 Å². The molecule has 0 aliphatic carbocycles. The van der Waals surface area contributed by atoms with Crippen molar-refractivity contribution in [2.75, 3.05) is 18.8 Å². The third-order valence-electron chi connectivity index (χ3n) is 4.64. The van der Waals surface area contributed by atoms with Crippen molar-refractivity contribution in [3.63, 3.8) is 0 Å². The van der Waals surface area contributed by atoms with Gasteiger partial charge in [0.05, 0.1) is 5.56 Å². The second-order valence-corrected chi connectivity index (χ2v) is 7.75. The van der Waals surface area contributed by atoms with Crippen molar-refractivity contribution in [2.45, 2.75) is 43.0 Å².